The van der Waals surface area contributed by atoms with Gasteiger partial charge in [0.25, 0.3) is 0 Å². The van der Waals surface area contributed by atoms with Crippen LogP contribution < -0.4 is 4.74 Å². The molecule has 0 fully saturated rings. The smallest absolute Gasteiger partial charge is 0.358 e. The molecule has 92 valence electrons. The van der Waals surface area contributed by atoms with Gasteiger partial charge in [-0.1, -0.05) is 23.7 Å². The molecule has 0 unspecified atom stereocenters. The van der Waals surface area contributed by atoms with Crippen molar-refractivity contribution in [1.29, 1.82) is 0 Å². The highest BCUT2D eigenvalue weighted by Crippen LogP contribution is 2.27. The van der Waals surface area contributed by atoms with Crippen LogP contribution in [0, 0.1) is 0 Å². The molecule has 2 aromatic rings. The van der Waals surface area contributed by atoms with Crippen molar-refractivity contribution in [2.45, 2.75) is 0 Å². The van der Waals surface area contributed by atoms with E-state index in [1.165, 1.54) is 19.5 Å². The van der Waals surface area contributed by atoms with Gasteiger partial charge in [0.1, 0.15) is 5.75 Å². The van der Waals surface area contributed by atoms with Crippen molar-refractivity contribution in [3.63, 3.8) is 0 Å². The van der Waals surface area contributed by atoms with Crippen LogP contribution in [0.4, 0.5) is 0 Å². The molecule has 0 aliphatic heterocycles. The van der Waals surface area contributed by atoms with Crippen molar-refractivity contribution in [2.24, 2.45) is 0 Å². The lowest BCUT2D eigenvalue weighted by molar-refractivity contribution is 0.0593. The summed E-state index contributed by atoms with van der Waals surface area (Å²) in [7, 11) is 1.28. The van der Waals surface area contributed by atoms with Crippen LogP contribution in [0.2, 0.25) is 5.02 Å². The number of ether oxygens (including phenoxy) is 2. The second-order valence-electron chi connectivity index (χ2n) is 3.26. The summed E-state index contributed by atoms with van der Waals surface area (Å²) in [4.78, 5) is 19.0. The molecule has 18 heavy (non-hydrogen) atoms. The summed E-state index contributed by atoms with van der Waals surface area (Å²) >= 11 is 5.93. The van der Waals surface area contributed by atoms with Crippen molar-refractivity contribution in [3.05, 3.63) is 47.4 Å². The summed E-state index contributed by atoms with van der Waals surface area (Å²) in [5, 5.41) is 0.469. The van der Waals surface area contributed by atoms with Crippen molar-refractivity contribution >= 4 is 17.6 Å². The predicted molar refractivity (Wildman–Crippen MR) is 64.9 cm³/mol. The molecular weight excluding hydrogens is 256 g/mol. The Morgan fingerprint density at radius 2 is 2.00 bits per heavy atom. The molecule has 0 atom stereocenters. The first-order valence-corrected chi connectivity index (χ1v) is 5.41. The number of rotatable bonds is 3. The van der Waals surface area contributed by atoms with Gasteiger partial charge in [-0.25, -0.2) is 14.8 Å². The van der Waals surface area contributed by atoms with Gasteiger partial charge in [-0.3, -0.25) is 0 Å². The Balaban J connectivity index is 2.16. The topological polar surface area (TPSA) is 61.3 Å². The predicted octanol–water partition coefficient (Wildman–Crippen LogP) is 2.71. The minimum atomic E-state index is -0.549. The largest absolute Gasteiger partial charge is 0.464 e. The number of hydrogen-bond acceptors (Lipinski definition) is 5. The minimum Gasteiger partial charge on any atom is -0.464 e. The van der Waals surface area contributed by atoms with E-state index in [9.17, 15) is 4.79 Å². The molecule has 0 bridgehead atoms. The maximum atomic E-state index is 11.2. The number of benzene rings is 1. The standard InChI is InChI=1S/C12H9ClN2O3/c1-17-12(16)9-6-15-11(7-14-9)18-10-5-3-2-4-8(10)13/h2-7H,1H3. The van der Waals surface area contributed by atoms with Gasteiger partial charge in [0.2, 0.25) is 5.88 Å². The molecular formula is C12H9ClN2O3. The average molecular weight is 265 g/mol. The van der Waals surface area contributed by atoms with Crippen LogP contribution in [0.1, 0.15) is 10.5 Å². The number of methoxy groups -OCH3 is 1. The number of aromatic nitrogens is 2. The summed E-state index contributed by atoms with van der Waals surface area (Å²) in [6, 6.07) is 6.99. The van der Waals surface area contributed by atoms with Gasteiger partial charge in [-0.15, -0.1) is 0 Å². The molecule has 5 nitrogen and oxygen atoms in total. The fourth-order valence-corrected chi connectivity index (χ4v) is 1.39. The molecule has 0 saturated heterocycles. The van der Waals surface area contributed by atoms with E-state index in [-0.39, 0.29) is 11.6 Å². The molecule has 0 aliphatic carbocycles. The van der Waals surface area contributed by atoms with Crippen LogP contribution in [-0.2, 0) is 4.74 Å². The highest BCUT2D eigenvalue weighted by atomic mass is 35.5. The van der Waals surface area contributed by atoms with Crippen molar-refractivity contribution < 1.29 is 14.3 Å². The average Bonchev–Trinajstić information content (AvgIpc) is 2.41. The van der Waals surface area contributed by atoms with E-state index in [0.29, 0.717) is 10.8 Å². The van der Waals surface area contributed by atoms with Crippen molar-refractivity contribution in [2.75, 3.05) is 7.11 Å². The number of carbonyl (C=O) groups is 1. The number of para-hydroxylation sites is 1. The summed E-state index contributed by atoms with van der Waals surface area (Å²) in [6.45, 7) is 0. The van der Waals surface area contributed by atoms with Crippen LogP contribution in [0.3, 0.4) is 0 Å². The first-order chi connectivity index (χ1) is 8.70. The molecule has 1 heterocycles. The highest BCUT2D eigenvalue weighted by Gasteiger charge is 2.09. The Hall–Kier alpha value is -2.14. The van der Waals surface area contributed by atoms with Crippen LogP contribution >= 0.6 is 11.6 Å². The van der Waals surface area contributed by atoms with E-state index in [0.717, 1.165) is 0 Å². The van der Waals surface area contributed by atoms with Gasteiger partial charge < -0.3 is 9.47 Å². The molecule has 0 aliphatic rings. The number of carbonyl (C=O) groups excluding carboxylic acids is 1. The lowest BCUT2D eigenvalue weighted by Gasteiger charge is -2.05. The van der Waals surface area contributed by atoms with Gasteiger partial charge in [0.05, 0.1) is 24.5 Å². The summed E-state index contributed by atoms with van der Waals surface area (Å²) in [5.41, 5.74) is 0.115. The first kappa shape index (κ1) is 12.3. The van der Waals surface area contributed by atoms with E-state index in [4.69, 9.17) is 16.3 Å². The SMILES string of the molecule is COC(=O)c1cnc(Oc2ccccc2Cl)cn1. The molecule has 1 aromatic heterocycles. The van der Waals surface area contributed by atoms with Crippen molar-refractivity contribution in [3.8, 4) is 11.6 Å². The molecule has 1 aromatic carbocycles. The van der Waals surface area contributed by atoms with Crippen LogP contribution in [0.5, 0.6) is 11.6 Å². The van der Waals surface area contributed by atoms with Crippen LogP contribution in [-0.4, -0.2) is 23.0 Å². The normalized spacial score (nSPS) is 9.89. The Morgan fingerprint density at radius 3 is 2.61 bits per heavy atom. The zero-order valence-corrected chi connectivity index (χ0v) is 10.2. The summed E-state index contributed by atoms with van der Waals surface area (Å²) in [6.07, 6.45) is 2.60. The van der Waals surface area contributed by atoms with E-state index >= 15 is 0 Å². The number of halogens is 1. The lowest BCUT2D eigenvalue weighted by atomic mass is 10.3. The van der Waals surface area contributed by atoms with E-state index in [1.807, 2.05) is 0 Å². The zero-order valence-electron chi connectivity index (χ0n) is 9.46. The van der Waals surface area contributed by atoms with Crippen molar-refractivity contribution in [1.82, 2.24) is 9.97 Å². The monoisotopic (exact) mass is 264 g/mol. The molecule has 6 heteroatoms. The third-order valence-electron chi connectivity index (χ3n) is 2.07. The van der Waals surface area contributed by atoms with Gasteiger partial charge in [-0.2, -0.15) is 0 Å². The lowest BCUT2D eigenvalue weighted by Crippen LogP contribution is -2.04. The molecule has 2 rings (SSSR count). The fourth-order valence-electron chi connectivity index (χ4n) is 1.22. The maximum Gasteiger partial charge on any atom is 0.358 e. The fraction of sp³-hybridized carbons (Fsp3) is 0.0833. The second-order valence-corrected chi connectivity index (χ2v) is 3.67. The van der Waals surface area contributed by atoms with E-state index < -0.39 is 5.97 Å². The minimum absolute atomic E-state index is 0.115. The Labute approximate surface area is 108 Å². The Morgan fingerprint density at radius 1 is 1.22 bits per heavy atom. The van der Waals surface area contributed by atoms with E-state index in [2.05, 4.69) is 14.7 Å². The third-order valence-corrected chi connectivity index (χ3v) is 2.39. The number of hydrogen-bond donors (Lipinski definition) is 0. The summed E-state index contributed by atoms with van der Waals surface area (Å²) in [5.74, 6) is 0.168. The van der Waals surface area contributed by atoms with Gasteiger partial charge in [0, 0.05) is 0 Å². The molecule has 0 amide bonds. The number of nitrogens with zero attached hydrogens (tertiary/aromatic N) is 2. The zero-order chi connectivity index (χ0) is 13.0. The summed E-state index contributed by atoms with van der Waals surface area (Å²) < 4.78 is 9.93. The maximum absolute atomic E-state index is 11.2. The molecule has 0 saturated carbocycles. The Bertz CT molecular complexity index is 558. The van der Waals surface area contributed by atoms with Gasteiger partial charge >= 0.3 is 5.97 Å². The third kappa shape index (κ3) is 2.75. The van der Waals surface area contributed by atoms with Crippen LogP contribution in [0.15, 0.2) is 36.7 Å². The molecule has 0 N–H and O–H groups in total. The second kappa shape index (κ2) is 5.46. The van der Waals surface area contributed by atoms with Crippen LogP contribution in [0.25, 0.3) is 0 Å². The Kier molecular flexibility index (Phi) is 3.74. The van der Waals surface area contributed by atoms with E-state index in [1.54, 1.807) is 24.3 Å². The number of esters is 1. The molecule has 0 radical (unpaired) electrons. The highest BCUT2D eigenvalue weighted by molar-refractivity contribution is 6.32. The molecule has 0 spiro atoms. The van der Waals surface area contributed by atoms with Gasteiger partial charge in [-0.05, 0) is 12.1 Å². The van der Waals surface area contributed by atoms with Gasteiger partial charge in [0.15, 0.2) is 5.69 Å². The first-order valence-electron chi connectivity index (χ1n) is 5.03. The quantitative estimate of drug-likeness (QED) is 0.798.